The number of hydrogen-bond acceptors (Lipinski definition) is 5. The molecule has 2 heterocycles. The van der Waals surface area contributed by atoms with Gasteiger partial charge in [0.15, 0.2) is 17.3 Å². The fraction of sp³-hybridized carbons (Fsp3) is 0.241. The summed E-state index contributed by atoms with van der Waals surface area (Å²) in [4.78, 5) is 29.2. The van der Waals surface area contributed by atoms with Gasteiger partial charge in [-0.05, 0) is 47.7 Å². The third kappa shape index (κ3) is 3.66. The molecule has 0 fully saturated rings. The Bertz CT molecular complexity index is 1350. The molecule has 6 heteroatoms. The third-order valence-electron chi connectivity index (χ3n) is 7.04. The van der Waals surface area contributed by atoms with Crippen molar-refractivity contribution in [2.75, 3.05) is 17.0 Å². The zero-order chi connectivity index (χ0) is 23.9. The molecule has 176 valence electrons. The number of benzene rings is 3. The molecular weight excluding hydrogens is 440 g/mol. The topological polar surface area (TPSA) is 67.9 Å². The second-order valence-corrected chi connectivity index (χ2v) is 9.11. The van der Waals surface area contributed by atoms with E-state index in [1.165, 1.54) is 0 Å². The van der Waals surface area contributed by atoms with Crippen molar-refractivity contribution in [3.8, 4) is 11.5 Å². The lowest BCUT2D eigenvalue weighted by Crippen LogP contribution is -2.38. The summed E-state index contributed by atoms with van der Waals surface area (Å²) in [7, 11) is 0. The fourth-order valence-corrected chi connectivity index (χ4v) is 5.40. The molecule has 0 bridgehead atoms. The minimum Gasteiger partial charge on any atom is -0.454 e. The highest BCUT2D eigenvalue weighted by Gasteiger charge is 2.41. The van der Waals surface area contributed by atoms with Crippen molar-refractivity contribution in [1.82, 2.24) is 0 Å². The Morgan fingerprint density at radius 1 is 0.943 bits per heavy atom. The van der Waals surface area contributed by atoms with Gasteiger partial charge < -0.3 is 14.8 Å². The van der Waals surface area contributed by atoms with Crippen molar-refractivity contribution in [2.45, 2.75) is 38.1 Å². The minimum atomic E-state index is -0.563. The Labute approximate surface area is 204 Å². The van der Waals surface area contributed by atoms with Crippen LogP contribution in [0.15, 0.2) is 84.1 Å². The van der Waals surface area contributed by atoms with Crippen LogP contribution in [0.2, 0.25) is 0 Å². The van der Waals surface area contributed by atoms with Gasteiger partial charge in [0.1, 0.15) is 0 Å². The summed E-state index contributed by atoms with van der Waals surface area (Å²) >= 11 is 0. The maximum atomic E-state index is 13.9. The summed E-state index contributed by atoms with van der Waals surface area (Å²) in [6.45, 7) is 2.01. The normalized spacial score (nSPS) is 20.6. The number of allylic oxidation sites excluding steroid dienone is 1. The van der Waals surface area contributed by atoms with E-state index in [1.807, 2.05) is 67.6 Å². The predicted molar refractivity (Wildman–Crippen MR) is 134 cm³/mol. The Balaban J connectivity index is 1.55. The molecule has 1 aliphatic carbocycles. The number of carbonyl (C=O) groups is 2. The fourth-order valence-electron chi connectivity index (χ4n) is 5.40. The maximum absolute atomic E-state index is 13.9. The van der Waals surface area contributed by atoms with E-state index in [0.29, 0.717) is 36.3 Å². The molecule has 6 nitrogen and oxygen atoms in total. The van der Waals surface area contributed by atoms with E-state index in [2.05, 4.69) is 17.4 Å². The SMILES string of the molecule is CCC(=O)N1c2ccccc2NC2=C(C(=O)C[C@H](c3ccccc3)C2)[C@@H]1c1ccc2c(c1)OCO2. The van der Waals surface area contributed by atoms with Crippen LogP contribution in [0.25, 0.3) is 0 Å². The summed E-state index contributed by atoms with van der Waals surface area (Å²) in [6.07, 6.45) is 1.41. The van der Waals surface area contributed by atoms with Crippen LogP contribution in [-0.2, 0) is 9.59 Å². The van der Waals surface area contributed by atoms with Crippen LogP contribution in [0.3, 0.4) is 0 Å². The highest BCUT2D eigenvalue weighted by atomic mass is 16.7. The first-order chi connectivity index (χ1) is 17.1. The zero-order valence-electron chi connectivity index (χ0n) is 19.5. The third-order valence-corrected chi connectivity index (χ3v) is 7.04. The molecule has 2 aliphatic heterocycles. The predicted octanol–water partition coefficient (Wildman–Crippen LogP) is 5.73. The van der Waals surface area contributed by atoms with Gasteiger partial charge in [-0.1, -0.05) is 55.5 Å². The van der Waals surface area contributed by atoms with Crippen molar-refractivity contribution >= 4 is 23.1 Å². The van der Waals surface area contributed by atoms with Gasteiger partial charge in [0.2, 0.25) is 12.7 Å². The number of para-hydroxylation sites is 2. The van der Waals surface area contributed by atoms with Crippen molar-refractivity contribution in [3.05, 3.63) is 95.2 Å². The smallest absolute Gasteiger partial charge is 0.231 e. The number of hydrogen-bond donors (Lipinski definition) is 1. The Morgan fingerprint density at radius 3 is 2.54 bits per heavy atom. The molecule has 0 spiro atoms. The van der Waals surface area contributed by atoms with Crippen molar-refractivity contribution in [2.24, 2.45) is 0 Å². The lowest BCUT2D eigenvalue weighted by Gasteiger charge is -2.35. The molecule has 0 unspecified atom stereocenters. The van der Waals surface area contributed by atoms with Crippen LogP contribution in [0.4, 0.5) is 11.4 Å². The average molecular weight is 467 g/mol. The van der Waals surface area contributed by atoms with E-state index in [-0.39, 0.29) is 24.4 Å². The lowest BCUT2D eigenvalue weighted by molar-refractivity contribution is -0.119. The van der Waals surface area contributed by atoms with Crippen LogP contribution in [0.1, 0.15) is 49.3 Å². The van der Waals surface area contributed by atoms with E-state index >= 15 is 0 Å². The van der Waals surface area contributed by atoms with Gasteiger partial charge in [0, 0.05) is 24.1 Å². The number of ketones is 1. The van der Waals surface area contributed by atoms with E-state index in [9.17, 15) is 9.59 Å². The second-order valence-electron chi connectivity index (χ2n) is 9.11. The highest BCUT2D eigenvalue weighted by Crippen LogP contribution is 2.48. The minimum absolute atomic E-state index is 0.0475. The van der Waals surface area contributed by atoms with E-state index in [4.69, 9.17) is 9.47 Å². The molecule has 3 aromatic rings. The van der Waals surface area contributed by atoms with Crippen LogP contribution in [0.5, 0.6) is 11.5 Å². The largest absolute Gasteiger partial charge is 0.454 e. The van der Waals surface area contributed by atoms with Gasteiger partial charge in [0.25, 0.3) is 0 Å². The number of fused-ring (bicyclic) bond motifs is 2. The number of carbonyl (C=O) groups excluding carboxylic acids is 2. The number of ether oxygens (including phenoxy) is 2. The molecule has 2 atom stereocenters. The molecule has 3 aromatic carbocycles. The molecule has 35 heavy (non-hydrogen) atoms. The number of rotatable bonds is 3. The molecule has 0 aromatic heterocycles. The van der Waals surface area contributed by atoms with Crippen LogP contribution in [0, 0.1) is 0 Å². The molecular formula is C29H26N2O4. The van der Waals surface area contributed by atoms with Gasteiger partial charge in [-0.2, -0.15) is 0 Å². The monoisotopic (exact) mass is 466 g/mol. The summed E-state index contributed by atoms with van der Waals surface area (Å²) in [5, 5.41) is 3.56. The number of nitrogens with one attached hydrogen (secondary N) is 1. The summed E-state index contributed by atoms with van der Waals surface area (Å²) in [6, 6.07) is 23.1. The standard InChI is InChI=1S/C29H26N2O4/c1-2-27(33)31-23-11-7-6-10-21(23)30-22-14-20(18-8-4-3-5-9-18)15-24(32)28(22)29(31)19-12-13-25-26(16-19)35-17-34-25/h3-13,16,20,29-30H,2,14-15,17H2,1H3/t20-,29+/m1/s1. The van der Waals surface area contributed by atoms with Gasteiger partial charge >= 0.3 is 0 Å². The van der Waals surface area contributed by atoms with E-state index in [0.717, 1.165) is 28.2 Å². The molecule has 1 N–H and O–H groups in total. The number of anilines is 2. The maximum Gasteiger partial charge on any atom is 0.231 e. The van der Waals surface area contributed by atoms with Crippen molar-refractivity contribution < 1.29 is 19.1 Å². The first-order valence-electron chi connectivity index (χ1n) is 12.0. The molecule has 0 saturated heterocycles. The molecule has 1 amide bonds. The van der Waals surface area contributed by atoms with E-state index < -0.39 is 6.04 Å². The molecule has 0 saturated carbocycles. The highest BCUT2D eigenvalue weighted by molar-refractivity contribution is 6.06. The Morgan fingerprint density at radius 2 is 1.71 bits per heavy atom. The first-order valence-corrected chi connectivity index (χ1v) is 12.0. The van der Waals surface area contributed by atoms with Crippen LogP contribution >= 0.6 is 0 Å². The van der Waals surface area contributed by atoms with Crippen LogP contribution < -0.4 is 19.7 Å². The molecule has 3 aliphatic rings. The zero-order valence-corrected chi connectivity index (χ0v) is 19.5. The average Bonchev–Trinajstić information content (AvgIpc) is 3.30. The van der Waals surface area contributed by atoms with E-state index in [1.54, 1.807) is 4.90 Å². The Hall–Kier alpha value is -4.06. The first kappa shape index (κ1) is 21.5. The quantitative estimate of drug-likeness (QED) is 0.534. The summed E-state index contributed by atoms with van der Waals surface area (Å²) < 4.78 is 11.2. The van der Waals surface area contributed by atoms with Gasteiger partial charge in [-0.3, -0.25) is 14.5 Å². The van der Waals surface area contributed by atoms with Gasteiger partial charge in [0.05, 0.1) is 17.4 Å². The molecule has 0 radical (unpaired) electrons. The number of nitrogens with zero attached hydrogens (tertiary/aromatic N) is 1. The second kappa shape index (κ2) is 8.62. The number of Topliss-reactive ketones (excluding diaryl/α,β-unsaturated/α-hetero) is 1. The van der Waals surface area contributed by atoms with Crippen molar-refractivity contribution in [3.63, 3.8) is 0 Å². The molecule has 6 rings (SSSR count). The van der Waals surface area contributed by atoms with Crippen molar-refractivity contribution in [1.29, 1.82) is 0 Å². The van der Waals surface area contributed by atoms with Crippen LogP contribution in [-0.4, -0.2) is 18.5 Å². The summed E-state index contributed by atoms with van der Waals surface area (Å²) in [5.74, 6) is 1.38. The van der Waals surface area contributed by atoms with Gasteiger partial charge in [-0.25, -0.2) is 0 Å². The summed E-state index contributed by atoms with van der Waals surface area (Å²) in [5.41, 5.74) is 5.08. The lowest BCUT2D eigenvalue weighted by atomic mass is 9.78. The van der Waals surface area contributed by atoms with Gasteiger partial charge in [-0.15, -0.1) is 0 Å². The Kier molecular flexibility index (Phi) is 5.29. The number of amides is 1.